The van der Waals surface area contributed by atoms with Crippen LogP contribution in [-0.4, -0.2) is 13.0 Å². The van der Waals surface area contributed by atoms with Gasteiger partial charge in [0.25, 0.3) is 5.91 Å². The first-order chi connectivity index (χ1) is 14.9. The molecule has 4 nitrogen and oxygen atoms in total. The van der Waals surface area contributed by atoms with Gasteiger partial charge in [-0.2, -0.15) is 5.26 Å². The minimum atomic E-state index is -0.455. The number of methoxy groups -OCH3 is 1. The molecule has 3 rings (SSSR count). The number of amides is 1. The minimum Gasteiger partial charge on any atom is -0.497 e. The molecule has 0 saturated heterocycles. The molecule has 0 aromatic heterocycles. The van der Waals surface area contributed by atoms with Crippen LogP contribution in [0.5, 0.6) is 5.75 Å². The maximum Gasteiger partial charge on any atom is 0.266 e. The molecule has 5 heteroatoms. The molecule has 0 aliphatic carbocycles. The van der Waals surface area contributed by atoms with Crippen LogP contribution in [0.3, 0.4) is 0 Å². The number of anilines is 1. The fourth-order valence-corrected chi connectivity index (χ4v) is 3.91. The first-order valence-electron chi connectivity index (χ1n) is 9.80. The van der Waals surface area contributed by atoms with Crippen molar-refractivity contribution >= 4 is 33.6 Å². The molecular weight excluding hydrogens is 452 g/mol. The number of hydrogen-bond acceptors (Lipinski definition) is 3. The van der Waals surface area contributed by atoms with Crippen molar-refractivity contribution in [3.05, 3.63) is 98.5 Å². The van der Waals surface area contributed by atoms with Gasteiger partial charge in [-0.05, 0) is 73.4 Å². The molecule has 31 heavy (non-hydrogen) atoms. The molecule has 0 aliphatic heterocycles. The van der Waals surface area contributed by atoms with E-state index in [-0.39, 0.29) is 5.57 Å². The zero-order valence-corrected chi connectivity index (χ0v) is 19.3. The second-order valence-electron chi connectivity index (χ2n) is 7.38. The van der Waals surface area contributed by atoms with Gasteiger partial charge in [0.2, 0.25) is 0 Å². The van der Waals surface area contributed by atoms with E-state index in [1.165, 1.54) is 16.7 Å². The predicted molar refractivity (Wildman–Crippen MR) is 128 cm³/mol. The van der Waals surface area contributed by atoms with E-state index in [2.05, 4.69) is 53.3 Å². The van der Waals surface area contributed by atoms with Crippen LogP contribution < -0.4 is 10.1 Å². The van der Waals surface area contributed by atoms with Gasteiger partial charge in [-0.1, -0.05) is 57.4 Å². The second-order valence-corrected chi connectivity index (χ2v) is 8.23. The number of ether oxygens (including phenoxy) is 1. The topological polar surface area (TPSA) is 62.1 Å². The monoisotopic (exact) mass is 474 g/mol. The molecule has 0 aliphatic rings. The van der Waals surface area contributed by atoms with Crippen molar-refractivity contribution in [2.45, 2.75) is 20.3 Å². The third-order valence-electron chi connectivity index (χ3n) is 4.78. The number of halogens is 1. The minimum absolute atomic E-state index is 0.0322. The lowest BCUT2D eigenvalue weighted by Crippen LogP contribution is -2.13. The third-order valence-corrected chi connectivity index (χ3v) is 5.52. The van der Waals surface area contributed by atoms with Crippen LogP contribution in [0.2, 0.25) is 0 Å². The summed E-state index contributed by atoms with van der Waals surface area (Å²) in [5.74, 6) is 0.239. The van der Waals surface area contributed by atoms with E-state index >= 15 is 0 Å². The summed E-state index contributed by atoms with van der Waals surface area (Å²) in [6.45, 7) is 4.19. The Morgan fingerprint density at radius 3 is 2.32 bits per heavy atom. The van der Waals surface area contributed by atoms with Crippen molar-refractivity contribution in [1.29, 1.82) is 5.26 Å². The number of carbonyl (C=O) groups excluding carboxylic acids is 1. The van der Waals surface area contributed by atoms with Crippen molar-refractivity contribution in [2.75, 3.05) is 12.4 Å². The van der Waals surface area contributed by atoms with Crippen LogP contribution in [0.15, 0.2) is 70.7 Å². The van der Waals surface area contributed by atoms with Gasteiger partial charge in [0.05, 0.1) is 7.11 Å². The number of rotatable bonds is 6. The van der Waals surface area contributed by atoms with Gasteiger partial charge in [-0.15, -0.1) is 0 Å². The fraction of sp³-hybridized carbons (Fsp3) is 0.154. The summed E-state index contributed by atoms with van der Waals surface area (Å²) >= 11 is 3.63. The van der Waals surface area contributed by atoms with Crippen molar-refractivity contribution in [2.24, 2.45) is 0 Å². The van der Waals surface area contributed by atoms with Gasteiger partial charge in [0.15, 0.2) is 0 Å². The Hall–Kier alpha value is -3.36. The largest absolute Gasteiger partial charge is 0.497 e. The molecule has 156 valence electrons. The number of carbonyl (C=O) groups is 1. The Morgan fingerprint density at radius 1 is 1.06 bits per heavy atom. The van der Waals surface area contributed by atoms with Crippen LogP contribution >= 0.6 is 15.9 Å². The lowest BCUT2D eigenvalue weighted by Gasteiger charge is -2.09. The third kappa shape index (κ3) is 6.07. The van der Waals surface area contributed by atoms with Crippen LogP contribution in [0, 0.1) is 25.2 Å². The van der Waals surface area contributed by atoms with E-state index < -0.39 is 5.91 Å². The number of nitrogens with zero attached hydrogens (tertiary/aromatic N) is 1. The molecule has 1 N–H and O–H groups in total. The number of nitriles is 1. The van der Waals surface area contributed by atoms with Gasteiger partial charge >= 0.3 is 0 Å². The standard InChI is InChI=1S/C26H23BrN2O2/c1-17-10-18(2)12-20(11-17)14-21-5-4-19(15-25(21)27)13-22(16-28)26(30)29-23-6-8-24(31-3)9-7-23/h4-13,15H,14H2,1-3H3,(H,29,30)/b22-13+. The summed E-state index contributed by atoms with van der Waals surface area (Å²) < 4.78 is 6.05. The highest BCUT2D eigenvalue weighted by Crippen LogP contribution is 2.24. The Morgan fingerprint density at radius 2 is 1.74 bits per heavy atom. The summed E-state index contributed by atoms with van der Waals surface area (Å²) in [5, 5.41) is 12.2. The molecule has 0 saturated carbocycles. The van der Waals surface area contributed by atoms with E-state index in [0.717, 1.165) is 22.0 Å². The van der Waals surface area contributed by atoms with Gasteiger partial charge < -0.3 is 10.1 Å². The van der Waals surface area contributed by atoms with Gasteiger partial charge in [0.1, 0.15) is 17.4 Å². The zero-order chi connectivity index (χ0) is 22.4. The summed E-state index contributed by atoms with van der Waals surface area (Å²) in [5.41, 5.74) is 6.28. The van der Waals surface area contributed by atoms with Crippen LogP contribution in [-0.2, 0) is 11.2 Å². The average molecular weight is 475 g/mol. The molecule has 0 atom stereocenters. The maximum atomic E-state index is 12.5. The van der Waals surface area contributed by atoms with E-state index in [1.54, 1.807) is 37.5 Å². The van der Waals surface area contributed by atoms with E-state index in [1.807, 2.05) is 24.3 Å². The van der Waals surface area contributed by atoms with Crippen molar-refractivity contribution in [3.8, 4) is 11.8 Å². The molecule has 1 amide bonds. The summed E-state index contributed by atoms with van der Waals surface area (Å²) in [6, 6.07) is 21.3. The lowest BCUT2D eigenvalue weighted by atomic mass is 9.99. The van der Waals surface area contributed by atoms with Crippen LogP contribution in [0.4, 0.5) is 5.69 Å². The molecule has 0 heterocycles. The van der Waals surface area contributed by atoms with Crippen LogP contribution in [0.25, 0.3) is 6.08 Å². The maximum absolute atomic E-state index is 12.5. The van der Waals surface area contributed by atoms with Crippen molar-refractivity contribution in [1.82, 2.24) is 0 Å². The molecule has 0 bridgehead atoms. The number of hydrogen-bond donors (Lipinski definition) is 1. The van der Waals surface area contributed by atoms with Crippen molar-refractivity contribution in [3.63, 3.8) is 0 Å². The molecule has 3 aromatic rings. The lowest BCUT2D eigenvalue weighted by molar-refractivity contribution is -0.112. The summed E-state index contributed by atoms with van der Waals surface area (Å²) in [6.07, 6.45) is 2.39. The smallest absolute Gasteiger partial charge is 0.266 e. The van der Waals surface area contributed by atoms with Crippen molar-refractivity contribution < 1.29 is 9.53 Å². The van der Waals surface area contributed by atoms with E-state index in [0.29, 0.717) is 11.4 Å². The molecule has 0 unspecified atom stereocenters. The van der Waals surface area contributed by atoms with Crippen LogP contribution in [0.1, 0.15) is 27.8 Å². The Balaban J connectivity index is 1.76. The number of aryl methyl sites for hydroxylation is 2. The Labute approximate surface area is 191 Å². The first-order valence-corrected chi connectivity index (χ1v) is 10.6. The highest BCUT2D eigenvalue weighted by atomic mass is 79.9. The SMILES string of the molecule is COc1ccc(NC(=O)/C(C#N)=C/c2ccc(Cc3cc(C)cc(C)c3)c(Br)c2)cc1. The predicted octanol–water partition coefficient (Wildman–Crippen LogP) is 6.21. The number of benzene rings is 3. The molecule has 3 aromatic carbocycles. The molecule has 0 radical (unpaired) electrons. The quantitative estimate of drug-likeness (QED) is 0.341. The second kappa shape index (κ2) is 10.1. The first kappa shape index (κ1) is 22.3. The summed E-state index contributed by atoms with van der Waals surface area (Å²) in [4.78, 5) is 12.5. The molecule has 0 fully saturated rings. The fourth-order valence-electron chi connectivity index (χ4n) is 3.38. The zero-order valence-electron chi connectivity index (χ0n) is 17.7. The summed E-state index contributed by atoms with van der Waals surface area (Å²) in [7, 11) is 1.58. The normalized spacial score (nSPS) is 11.0. The number of nitrogens with one attached hydrogen (secondary N) is 1. The van der Waals surface area contributed by atoms with Gasteiger partial charge in [0, 0.05) is 10.2 Å². The van der Waals surface area contributed by atoms with E-state index in [4.69, 9.17) is 4.74 Å². The highest BCUT2D eigenvalue weighted by Gasteiger charge is 2.11. The molecule has 0 spiro atoms. The Bertz CT molecular complexity index is 1150. The average Bonchev–Trinajstić information content (AvgIpc) is 2.73. The Kier molecular flexibility index (Phi) is 7.28. The van der Waals surface area contributed by atoms with E-state index in [9.17, 15) is 10.1 Å². The van der Waals surface area contributed by atoms with Gasteiger partial charge in [-0.25, -0.2) is 0 Å². The van der Waals surface area contributed by atoms with Gasteiger partial charge in [-0.3, -0.25) is 4.79 Å². The highest BCUT2D eigenvalue weighted by molar-refractivity contribution is 9.10. The molecular formula is C26H23BrN2O2.